The summed E-state index contributed by atoms with van der Waals surface area (Å²) in [5, 5.41) is 16.0. The molecule has 0 bridgehead atoms. The molecule has 13 nitrogen and oxygen atoms in total. The van der Waals surface area contributed by atoms with E-state index in [0.717, 1.165) is 0 Å². The molecule has 1 rings (SSSR count). The summed E-state index contributed by atoms with van der Waals surface area (Å²) in [6.45, 7) is 3.24. The molecule has 13 heteroatoms. The van der Waals surface area contributed by atoms with Gasteiger partial charge in [-0.2, -0.15) is 0 Å². The van der Waals surface area contributed by atoms with Crippen LogP contribution in [0.1, 0.15) is 32.4 Å². The van der Waals surface area contributed by atoms with Gasteiger partial charge in [-0.3, -0.25) is 19.2 Å². The van der Waals surface area contributed by atoms with Crippen LogP contribution >= 0.6 is 0 Å². The summed E-state index contributed by atoms with van der Waals surface area (Å²) in [6.07, 6.45) is 2.78. The number of primary amides is 1. The summed E-state index contributed by atoms with van der Waals surface area (Å²) in [6, 6.07) is -3.39. The minimum absolute atomic E-state index is 0.0625. The van der Waals surface area contributed by atoms with Crippen LogP contribution in [0, 0.1) is 5.92 Å². The highest BCUT2D eigenvalue weighted by Crippen LogP contribution is 2.05. The van der Waals surface area contributed by atoms with E-state index in [0.29, 0.717) is 12.1 Å². The third-order valence-corrected chi connectivity index (χ3v) is 4.14. The average Bonchev–Trinajstić information content (AvgIpc) is 3.17. The van der Waals surface area contributed by atoms with Crippen molar-refractivity contribution in [2.24, 2.45) is 17.4 Å². The predicted molar refractivity (Wildman–Crippen MR) is 108 cm³/mol. The van der Waals surface area contributed by atoms with Crippen LogP contribution < -0.4 is 27.4 Å². The Hall–Kier alpha value is -3.48. The van der Waals surface area contributed by atoms with E-state index in [1.165, 1.54) is 12.5 Å². The normalized spacial score (nSPS) is 13.7. The number of hydrogen-bond acceptors (Lipinski definition) is 7. The Morgan fingerprint density at radius 1 is 1.13 bits per heavy atom. The fraction of sp³-hybridized carbons (Fsp3) is 0.556. The van der Waals surface area contributed by atoms with E-state index < -0.39 is 60.7 Å². The number of carboxylic acid groups (broad SMARTS) is 1. The topological polar surface area (TPSA) is 222 Å². The van der Waals surface area contributed by atoms with Crippen molar-refractivity contribution < 1.29 is 29.1 Å². The van der Waals surface area contributed by atoms with Crippen LogP contribution in [0.3, 0.4) is 0 Å². The van der Waals surface area contributed by atoms with Gasteiger partial charge in [0.2, 0.25) is 23.6 Å². The summed E-state index contributed by atoms with van der Waals surface area (Å²) in [4.78, 5) is 65.6. The molecule has 1 heterocycles. The molecule has 1 aromatic rings. The van der Waals surface area contributed by atoms with Crippen LogP contribution in [-0.4, -0.2) is 69.3 Å². The molecular weight excluding hydrogens is 410 g/mol. The van der Waals surface area contributed by atoms with Gasteiger partial charge in [0.1, 0.15) is 12.1 Å². The monoisotopic (exact) mass is 439 g/mol. The zero-order valence-corrected chi connectivity index (χ0v) is 17.4. The van der Waals surface area contributed by atoms with Gasteiger partial charge < -0.3 is 37.5 Å². The number of amides is 4. The van der Waals surface area contributed by atoms with Crippen LogP contribution in [0.25, 0.3) is 0 Å². The number of aliphatic carboxylic acids is 1. The van der Waals surface area contributed by atoms with Crippen molar-refractivity contribution in [2.45, 2.75) is 51.2 Å². The number of aromatic amines is 1. The SMILES string of the molecule is CC(C)CC(N)C(=O)NC(Cc1cnc[nH]1)C(=O)NCC(=O)NC(CC(N)=O)C(=O)O. The predicted octanol–water partition coefficient (Wildman–Crippen LogP) is -2.63. The number of carbonyl (C=O) groups excluding carboxylic acids is 4. The van der Waals surface area contributed by atoms with E-state index in [9.17, 15) is 24.0 Å². The molecule has 4 amide bonds. The lowest BCUT2D eigenvalue weighted by molar-refractivity contribution is -0.143. The van der Waals surface area contributed by atoms with Gasteiger partial charge in [0.15, 0.2) is 0 Å². The second kappa shape index (κ2) is 12.3. The van der Waals surface area contributed by atoms with Crippen molar-refractivity contribution in [1.82, 2.24) is 25.9 Å². The first-order valence-corrected chi connectivity index (χ1v) is 9.61. The molecule has 0 aliphatic carbocycles. The van der Waals surface area contributed by atoms with E-state index in [4.69, 9.17) is 16.6 Å². The van der Waals surface area contributed by atoms with Gasteiger partial charge >= 0.3 is 5.97 Å². The first-order valence-electron chi connectivity index (χ1n) is 9.61. The average molecular weight is 439 g/mol. The quantitative estimate of drug-likeness (QED) is 0.172. The maximum absolute atomic E-state index is 12.6. The van der Waals surface area contributed by atoms with Gasteiger partial charge in [-0.15, -0.1) is 0 Å². The highest BCUT2D eigenvalue weighted by atomic mass is 16.4. The number of imidazole rings is 1. The molecule has 0 radical (unpaired) electrons. The minimum atomic E-state index is -1.52. The Kier molecular flexibility index (Phi) is 10.1. The fourth-order valence-corrected chi connectivity index (χ4v) is 2.66. The lowest BCUT2D eigenvalue weighted by Gasteiger charge is -2.21. The maximum atomic E-state index is 12.6. The van der Waals surface area contributed by atoms with Gasteiger partial charge in [-0.05, 0) is 12.3 Å². The molecule has 0 fully saturated rings. The number of nitrogens with one attached hydrogen (secondary N) is 4. The zero-order valence-electron chi connectivity index (χ0n) is 17.4. The van der Waals surface area contributed by atoms with Crippen molar-refractivity contribution in [1.29, 1.82) is 0 Å². The first kappa shape index (κ1) is 25.6. The summed E-state index contributed by atoms with van der Waals surface area (Å²) < 4.78 is 0. The molecule has 0 aromatic carbocycles. The molecule has 31 heavy (non-hydrogen) atoms. The fourth-order valence-electron chi connectivity index (χ4n) is 2.66. The van der Waals surface area contributed by atoms with Gasteiger partial charge in [-0.1, -0.05) is 13.8 Å². The van der Waals surface area contributed by atoms with Crippen LogP contribution in [-0.2, 0) is 30.4 Å². The largest absolute Gasteiger partial charge is 0.480 e. The van der Waals surface area contributed by atoms with Gasteiger partial charge in [-0.25, -0.2) is 9.78 Å². The number of carboxylic acids is 1. The Labute approximate surface area is 178 Å². The van der Waals surface area contributed by atoms with Gasteiger partial charge in [0.25, 0.3) is 0 Å². The Morgan fingerprint density at radius 3 is 2.32 bits per heavy atom. The molecule has 0 saturated heterocycles. The number of nitrogens with zero attached hydrogens (tertiary/aromatic N) is 1. The molecule has 3 atom stereocenters. The second-order valence-corrected chi connectivity index (χ2v) is 7.42. The third-order valence-electron chi connectivity index (χ3n) is 4.14. The summed E-state index contributed by atoms with van der Waals surface area (Å²) in [7, 11) is 0. The van der Waals surface area contributed by atoms with E-state index in [1.807, 2.05) is 13.8 Å². The van der Waals surface area contributed by atoms with Crippen LogP contribution in [0.5, 0.6) is 0 Å². The van der Waals surface area contributed by atoms with E-state index in [-0.39, 0.29) is 12.3 Å². The lowest BCUT2D eigenvalue weighted by atomic mass is 10.0. The highest BCUT2D eigenvalue weighted by Gasteiger charge is 2.26. The summed E-state index contributed by atoms with van der Waals surface area (Å²) in [5.41, 5.74) is 11.4. The van der Waals surface area contributed by atoms with Crippen molar-refractivity contribution >= 4 is 29.6 Å². The molecule has 9 N–H and O–H groups in total. The number of nitrogens with two attached hydrogens (primary N) is 2. The Balaban J connectivity index is 2.73. The molecule has 0 spiro atoms. The molecule has 0 aliphatic heterocycles. The molecule has 172 valence electrons. The summed E-state index contributed by atoms with van der Waals surface area (Å²) in [5.74, 6) is -4.22. The van der Waals surface area contributed by atoms with Crippen LogP contribution in [0.4, 0.5) is 0 Å². The molecule has 0 saturated carbocycles. The maximum Gasteiger partial charge on any atom is 0.326 e. The first-order chi connectivity index (χ1) is 14.5. The summed E-state index contributed by atoms with van der Waals surface area (Å²) >= 11 is 0. The Morgan fingerprint density at radius 2 is 1.81 bits per heavy atom. The number of rotatable bonds is 13. The van der Waals surface area contributed by atoms with E-state index in [2.05, 4.69) is 25.9 Å². The number of H-pyrrole nitrogens is 1. The zero-order chi connectivity index (χ0) is 23.6. The van der Waals surface area contributed by atoms with Crippen LogP contribution in [0.15, 0.2) is 12.5 Å². The third kappa shape index (κ3) is 9.71. The molecule has 0 aliphatic rings. The van der Waals surface area contributed by atoms with Gasteiger partial charge in [0.05, 0.1) is 25.3 Å². The highest BCUT2D eigenvalue weighted by molar-refractivity contribution is 5.93. The number of aromatic nitrogens is 2. The molecular formula is C18H29N7O6. The number of carbonyl (C=O) groups is 5. The van der Waals surface area contributed by atoms with Crippen molar-refractivity contribution in [3.05, 3.63) is 18.2 Å². The Bertz CT molecular complexity index is 780. The van der Waals surface area contributed by atoms with E-state index in [1.54, 1.807) is 0 Å². The smallest absolute Gasteiger partial charge is 0.326 e. The van der Waals surface area contributed by atoms with Crippen molar-refractivity contribution in [3.8, 4) is 0 Å². The molecule has 1 aromatic heterocycles. The van der Waals surface area contributed by atoms with Crippen molar-refractivity contribution in [2.75, 3.05) is 6.54 Å². The standard InChI is InChI=1S/C18H29N7O6/c1-9(2)3-11(19)16(28)25-12(4-10-6-21-8-23-10)17(29)22-7-15(27)24-13(18(30)31)5-14(20)26/h6,8-9,11-13H,3-5,7,19H2,1-2H3,(H2,20,26)(H,21,23)(H,22,29)(H,24,27)(H,25,28)(H,30,31). The van der Waals surface area contributed by atoms with E-state index >= 15 is 0 Å². The lowest BCUT2D eigenvalue weighted by Crippen LogP contribution is -2.54. The van der Waals surface area contributed by atoms with Gasteiger partial charge in [0, 0.05) is 18.3 Å². The second-order valence-electron chi connectivity index (χ2n) is 7.42. The van der Waals surface area contributed by atoms with Crippen molar-refractivity contribution in [3.63, 3.8) is 0 Å². The minimum Gasteiger partial charge on any atom is -0.480 e. The van der Waals surface area contributed by atoms with Crippen LogP contribution in [0.2, 0.25) is 0 Å². The molecule has 3 unspecified atom stereocenters. The number of hydrogen-bond donors (Lipinski definition) is 7.